The first-order chi connectivity index (χ1) is 14.2. The number of aryl methyl sites for hydroxylation is 1. The lowest BCUT2D eigenvalue weighted by molar-refractivity contribution is 1.01. The predicted octanol–water partition coefficient (Wildman–Crippen LogP) is 6.48. The van der Waals surface area contributed by atoms with Crippen molar-refractivity contribution in [1.29, 1.82) is 0 Å². The van der Waals surface area contributed by atoms with Crippen LogP contribution in [0.2, 0.25) is 0 Å². The van der Waals surface area contributed by atoms with Crippen molar-refractivity contribution in [3.63, 3.8) is 0 Å². The van der Waals surface area contributed by atoms with Crippen molar-refractivity contribution in [2.24, 2.45) is 7.05 Å². The van der Waals surface area contributed by atoms with E-state index >= 15 is 0 Å². The van der Waals surface area contributed by atoms with Crippen LogP contribution in [0.15, 0.2) is 78.8 Å². The first-order valence-electron chi connectivity index (χ1n) is 10.2. The minimum atomic E-state index is 0.492. The summed E-state index contributed by atoms with van der Waals surface area (Å²) in [4.78, 5) is 0. The Bertz CT molecular complexity index is 1790. The summed E-state index contributed by atoms with van der Waals surface area (Å²) < 4.78 is 21.6. The topological polar surface area (TPSA) is 9.34 Å². The molecule has 0 bridgehead atoms. The number of benzene rings is 4. The van der Waals surface area contributed by atoms with E-state index in [1.165, 1.54) is 27.2 Å². The number of para-hydroxylation sites is 2. The van der Waals surface area contributed by atoms with Gasteiger partial charge in [0.25, 0.3) is 0 Å². The van der Waals surface area contributed by atoms with Gasteiger partial charge in [0.15, 0.2) is 0 Å². The molecule has 0 amide bonds. The van der Waals surface area contributed by atoms with Gasteiger partial charge in [-0.2, -0.15) is 0 Å². The Morgan fingerprint density at radius 2 is 1.22 bits per heavy atom. The summed E-state index contributed by atoms with van der Waals surface area (Å²) in [5.41, 5.74) is 5.24. The summed E-state index contributed by atoms with van der Waals surface area (Å²) in [6, 6.07) is 23.9. The number of hydrogen-bond donors (Lipinski definition) is 0. The Balaban J connectivity index is 2.05. The van der Waals surface area contributed by atoms with Gasteiger partial charge in [-0.15, -0.1) is 0 Å². The molecular weight excluding hydrogens is 328 g/mol. The summed E-state index contributed by atoms with van der Waals surface area (Å²) >= 11 is 0. The lowest BCUT2D eigenvalue weighted by atomic mass is 10.0. The zero-order valence-corrected chi connectivity index (χ0v) is 14.7. The zero-order valence-electron chi connectivity index (χ0n) is 16.7. The Kier molecular flexibility index (Phi) is 1.96. The molecule has 3 heterocycles. The largest absolute Gasteiger partial charge is 0.344 e. The average Bonchev–Trinajstić information content (AvgIpc) is 3.19. The Labute approximate surface area is 158 Å². The van der Waals surface area contributed by atoms with Gasteiger partial charge >= 0.3 is 0 Å². The fraction of sp³-hybridized carbons (Fsp3) is 0.0400. The highest BCUT2D eigenvalue weighted by atomic mass is 15.0. The quantitative estimate of drug-likeness (QED) is 0.297. The fourth-order valence-electron chi connectivity index (χ4n) is 5.00. The maximum Gasteiger partial charge on any atom is 0.0645 e. The minimum Gasteiger partial charge on any atom is -0.344 e. The van der Waals surface area contributed by atoms with E-state index in [2.05, 4.69) is 59.0 Å². The molecule has 0 N–H and O–H groups in total. The van der Waals surface area contributed by atoms with Gasteiger partial charge < -0.3 is 8.97 Å². The van der Waals surface area contributed by atoms with Gasteiger partial charge in [-0.25, -0.2) is 0 Å². The van der Waals surface area contributed by atoms with Crippen LogP contribution in [0.3, 0.4) is 0 Å². The molecule has 0 aliphatic rings. The van der Waals surface area contributed by atoms with Crippen LogP contribution in [0.5, 0.6) is 0 Å². The monoisotopic (exact) mass is 346 g/mol. The normalized spacial score (nSPS) is 13.7. The molecule has 0 fully saturated rings. The van der Waals surface area contributed by atoms with Crippen LogP contribution < -0.4 is 0 Å². The summed E-state index contributed by atoms with van der Waals surface area (Å²) in [5, 5.41) is 6.94. The molecule has 0 aliphatic carbocycles. The van der Waals surface area contributed by atoms with Crippen molar-refractivity contribution in [1.82, 2.24) is 8.97 Å². The zero-order chi connectivity index (χ0) is 19.4. The third-order valence-electron chi connectivity index (χ3n) is 6.08. The molecule has 0 radical (unpaired) electrons. The maximum absolute atomic E-state index is 8.61. The van der Waals surface area contributed by atoms with Crippen LogP contribution in [-0.4, -0.2) is 8.97 Å². The van der Waals surface area contributed by atoms with E-state index in [9.17, 15) is 0 Å². The molecule has 2 nitrogen and oxygen atoms in total. The molecule has 3 aromatic heterocycles. The molecule has 7 aromatic rings. The van der Waals surface area contributed by atoms with Crippen LogP contribution in [-0.2, 0) is 7.05 Å². The molecule has 0 unspecified atom stereocenters. The molecule has 4 aromatic carbocycles. The van der Waals surface area contributed by atoms with Crippen molar-refractivity contribution < 1.29 is 2.74 Å². The summed E-state index contributed by atoms with van der Waals surface area (Å²) in [6.07, 6.45) is 0. The number of nitrogens with zero attached hydrogens (tertiary/aromatic N) is 2. The lowest BCUT2D eigenvalue weighted by Gasteiger charge is -2.03. The number of hydrogen-bond acceptors (Lipinski definition) is 0. The van der Waals surface area contributed by atoms with E-state index in [0.29, 0.717) is 12.1 Å². The van der Waals surface area contributed by atoms with E-state index in [-0.39, 0.29) is 0 Å². The molecule has 0 saturated heterocycles. The second-order valence-corrected chi connectivity index (χ2v) is 7.31. The smallest absolute Gasteiger partial charge is 0.0645 e. The Morgan fingerprint density at radius 3 is 2.11 bits per heavy atom. The van der Waals surface area contributed by atoms with Gasteiger partial charge in [0.1, 0.15) is 0 Å². The summed E-state index contributed by atoms with van der Waals surface area (Å²) in [6.45, 7) is 0. The molecular formula is C25H16N2. The second-order valence-electron chi connectivity index (χ2n) is 7.31. The van der Waals surface area contributed by atoms with Crippen LogP contribution >= 0.6 is 0 Å². The highest BCUT2D eigenvalue weighted by Gasteiger charge is 2.19. The Morgan fingerprint density at radius 1 is 0.593 bits per heavy atom. The van der Waals surface area contributed by atoms with Crippen molar-refractivity contribution in [2.75, 3.05) is 0 Å². The third kappa shape index (κ3) is 1.42. The molecule has 0 aliphatic heterocycles. The van der Waals surface area contributed by atoms with Gasteiger partial charge in [0.05, 0.1) is 24.8 Å². The molecule has 0 saturated carbocycles. The van der Waals surface area contributed by atoms with Crippen molar-refractivity contribution in [2.45, 2.75) is 0 Å². The number of rotatable bonds is 0. The molecule has 27 heavy (non-hydrogen) atoms. The fourth-order valence-corrected chi connectivity index (χ4v) is 5.00. The van der Waals surface area contributed by atoms with Gasteiger partial charge in [-0.1, -0.05) is 54.6 Å². The SMILES string of the molecule is [2H]c1ccc2c3cccc4c5ccccc5n(c5ccc([2H])c6c5c2c1n6C)c34. The standard InChI is InChI=1S/C25H16N2/c1-26-20-12-5-8-16-18-10-4-9-17-15-7-2-3-11-19(15)27(25(17)18)22-14-6-13-21(26)24(22)23(16)20/h2-14H,1H3/i12D,13D. The van der Waals surface area contributed by atoms with Crippen molar-refractivity contribution in [3.8, 4) is 0 Å². The van der Waals surface area contributed by atoms with Crippen LogP contribution in [0.4, 0.5) is 0 Å². The third-order valence-corrected chi connectivity index (χ3v) is 6.08. The van der Waals surface area contributed by atoms with Gasteiger partial charge in [-0.3, -0.25) is 0 Å². The molecule has 0 atom stereocenters. The summed E-state index contributed by atoms with van der Waals surface area (Å²) in [5.74, 6) is 0. The van der Waals surface area contributed by atoms with Crippen LogP contribution in [0.25, 0.3) is 59.9 Å². The molecule has 126 valence electrons. The van der Waals surface area contributed by atoms with Gasteiger partial charge in [0, 0.05) is 39.5 Å². The van der Waals surface area contributed by atoms with Crippen molar-refractivity contribution in [3.05, 3.63) is 78.8 Å². The molecule has 0 spiro atoms. The highest BCUT2D eigenvalue weighted by Crippen LogP contribution is 2.42. The van der Waals surface area contributed by atoms with E-state index < -0.39 is 0 Å². The lowest BCUT2D eigenvalue weighted by Crippen LogP contribution is -1.88. The van der Waals surface area contributed by atoms with Crippen LogP contribution in [0.1, 0.15) is 2.74 Å². The molecule has 2 heteroatoms. The van der Waals surface area contributed by atoms with Crippen molar-refractivity contribution >= 4 is 59.9 Å². The number of fused-ring (bicyclic) bond motifs is 5. The number of aromatic nitrogens is 2. The maximum atomic E-state index is 8.61. The van der Waals surface area contributed by atoms with E-state index in [0.717, 1.165) is 32.7 Å². The minimum absolute atomic E-state index is 0.492. The Hall–Kier alpha value is -3.52. The van der Waals surface area contributed by atoms with E-state index in [4.69, 9.17) is 2.74 Å². The molecule has 7 rings (SSSR count). The summed E-state index contributed by atoms with van der Waals surface area (Å²) in [7, 11) is 1.98. The van der Waals surface area contributed by atoms with Gasteiger partial charge in [-0.05, 0) is 29.6 Å². The second kappa shape index (κ2) is 4.41. The van der Waals surface area contributed by atoms with Gasteiger partial charge in [0.2, 0.25) is 0 Å². The van der Waals surface area contributed by atoms with Crippen LogP contribution in [0, 0.1) is 0 Å². The van der Waals surface area contributed by atoms with E-state index in [1.54, 1.807) is 0 Å². The predicted molar refractivity (Wildman–Crippen MR) is 115 cm³/mol. The first kappa shape index (κ1) is 12.0. The first-order valence-corrected chi connectivity index (χ1v) is 9.21. The average molecular weight is 346 g/mol. The van der Waals surface area contributed by atoms with E-state index in [1.807, 2.05) is 23.7 Å². The highest BCUT2D eigenvalue weighted by molar-refractivity contribution is 6.30.